The van der Waals surface area contributed by atoms with Crippen molar-refractivity contribution in [2.45, 2.75) is 32.6 Å². The third-order valence-electron chi connectivity index (χ3n) is 3.59. The molecular weight excluding hydrogens is 304 g/mol. The first kappa shape index (κ1) is 17.3. The molecule has 0 saturated heterocycles. The maximum Gasteiger partial charge on any atom is 0.194 e. The Hall–Kier alpha value is -2.10. The quantitative estimate of drug-likeness (QED) is 0.452. The molecule has 0 fully saturated rings. The fraction of sp³-hybridized carbons (Fsp3) is 0.263. The topological polar surface area (TPSA) is 0 Å². The molecule has 0 saturated carbocycles. The first-order chi connectivity index (χ1) is 11.0. The Labute approximate surface area is 133 Å². The van der Waals surface area contributed by atoms with Crippen LogP contribution < -0.4 is 0 Å². The minimum atomic E-state index is -1.45. The molecule has 0 aliphatic heterocycles. The number of hydrogen-bond donors (Lipinski definition) is 0. The van der Waals surface area contributed by atoms with Gasteiger partial charge < -0.3 is 0 Å². The zero-order valence-electron chi connectivity index (χ0n) is 12.9. The van der Waals surface area contributed by atoms with Crippen LogP contribution >= 0.6 is 0 Å². The van der Waals surface area contributed by atoms with Gasteiger partial charge in [0.2, 0.25) is 0 Å². The summed E-state index contributed by atoms with van der Waals surface area (Å²) in [7, 11) is 0. The lowest BCUT2D eigenvalue weighted by Gasteiger charge is -2.05. The predicted molar refractivity (Wildman–Crippen MR) is 84.2 cm³/mol. The highest BCUT2D eigenvalue weighted by Gasteiger charge is 2.10. The summed E-state index contributed by atoms with van der Waals surface area (Å²) in [6.07, 6.45) is 4.04. The standard InChI is InChI=1S/C19H18F4/c1-2-3-4-16(20)15-9-7-13(8-10-15)5-6-14-11-17(21)19(23)18(22)12-14/h4,7-12H,2-3,5-6H2,1H3. The van der Waals surface area contributed by atoms with Crippen LogP contribution in [0.25, 0.3) is 5.83 Å². The molecule has 0 unspecified atom stereocenters. The van der Waals surface area contributed by atoms with Crippen molar-refractivity contribution in [3.63, 3.8) is 0 Å². The lowest BCUT2D eigenvalue weighted by molar-refractivity contribution is 0.445. The van der Waals surface area contributed by atoms with E-state index in [9.17, 15) is 17.6 Å². The normalized spacial score (nSPS) is 11.8. The van der Waals surface area contributed by atoms with Crippen molar-refractivity contribution in [1.29, 1.82) is 0 Å². The van der Waals surface area contributed by atoms with Crippen LogP contribution in [0.15, 0.2) is 42.5 Å². The van der Waals surface area contributed by atoms with Gasteiger partial charge in [-0.3, -0.25) is 0 Å². The molecule has 0 aliphatic carbocycles. The highest BCUT2D eigenvalue weighted by atomic mass is 19.2. The summed E-state index contributed by atoms with van der Waals surface area (Å²) in [6.45, 7) is 1.98. The van der Waals surface area contributed by atoms with Crippen molar-refractivity contribution in [3.05, 3.63) is 76.6 Å². The van der Waals surface area contributed by atoms with Crippen LogP contribution in [0.5, 0.6) is 0 Å². The summed E-state index contributed by atoms with van der Waals surface area (Å²) in [5, 5.41) is 0. The summed E-state index contributed by atoms with van der Waals surface area (Å²) < 4.78 is 53.0. The zero-order valence-corrected chi connectivity index (χ0v) is 12.9. The van der Waals surface area contributed by atoms with Gasteiger partial charge in [-0.1, -0.05) is 37.6 Å². The summed E-state index contributed by atoms with van der Waals surface area (Å²) >= 11 is 0. The second-order valence-electron chi connectivity index (χ2n) is 5.41. The SMILES string of the molecule is CCCC=C(F)c1ccc(CCc2cc(F)c(F)c(F)c2)cc1. The van der Waals surface area contributed by atoms with E-state index in [0.29, 0.717) is 30.4 Å². The van der Waals surface area contributed by atoms with E-state index < -0.39 is 17.5 Å². The van der Waals surface area contributed by atoms with E-state index in [1.165, 1.54) is 0 Å². The van der Waals surface area contributed by atoms with Gasteiger partial charge in [0.1, 0.15) is 5.83 Å². The average Bonchev–Trinajstić information content (AvgIpc) is 2.56. The molecule has 0 nitrogen and oxygen atoms in total. The first-order valence-electron chi connectivity index (χ1n) is 7.59. The van der Waals surface area contributed by atoms with Gasteiger partial charge in [0.15, 0.2) is 17.5 Å². The summed E-state index contributed by atoms with van der Waals surface area (Å²) in [5.74, 6) is -4.06. The largest absolute Gasteiger partial charge is 0.207 e. The Bertz CT molecular complexity index is 664. The third kappa shape index (κ3) is 4.68. The number of aryl methyl sites for hydroxylation is 2. The molecule has 0 bridgehead atoms. The van der Waals surface area contributed by atoms with Crippen molar-refractivity contribution in [1.82, 2.24) is 0 Å². The Morgan fingerprint density at radius 1 is 0.913 bits per heavy atom. The number of benzene rings is 2. The molecule has 2 aromatic carbocycles. The number of rotatable bonds is 6. The summed E-state index contributed by atoms with van der Waals surface area (Å²) in [6, 6.07) is 8.93. The molecule has 0 aliphatic rings. The number of allylic oxidation sites excluding steroid dienone is 1. The second kappa shape index (κ2) is 7.95. The highest BCUT2D eigenvalue weighted by molar-refractivity contribution is 5.59. The van der Waals surface area contributed by atoms with Gasteiger partial charge in [-0.25, -0.2) is 17.6 Å². The molecule has 0 atom stereocenters. The van der Waals surface area contributed by atoms with E-state index in [1.54, 1.807) is 30.3 Å². The first-order valence-corrected chi connectivity index (χ1v) is 7.59. The van der Waals surface area contributed by atoms with Crippen LogP contribution in [0.4, 0.5) is 17.6 Å². The highest BCUT2D eigenvalue weighted by Crippen LogP contribution is 2.19. The number of hydrogen-bond acceptors (Lipinski definition) is 0. The minimum Gasteiger partial charge on any atom is -0.207 e. The van der Waals surface area contributed by atoms with E-state index >= 15 is 0 Å². The molecule has 122 valence electrons. The maximum atomic E-state index is 13.8. The predicted octanol–water partition coefficient (Wildman–Crippen LogP) is 6.00. The molecule has 0 radical (unpaired) electrons. The van der Waals surface area contributed by atoms with E-state index in [2.05, 4.69) is 0 Å². The second-order valence-corrected chi connectivity index (χ2v) is 5.41. The van der Waals surface area contributed by atoms with Crippen LogP contribution in [-0.2, 0) is 12.8 Å². The molecule has 0 heterocycles. The molecule has 0 aromatic heterocycles. The fourth-order valence-electron chi connectivity index (χ4n) is 2.26. The van der Waals surface area contributed by atoms with Gasteiger partial charge in [0.05, 0.1) is 0 Å². The van der Waals surface area contributed by atoms with Crippen molar-refractivity contribution < 1.29 is 17.6 Å². The van der Waals surface area contributed by atoms with E-state index in [-0.39, 0.29) is 5.83 Å². The van der Waals surface area contributed by atoms with Crippen molar-refractivity contribution in [2.24, 2.45) is 0 Å². The van der Waals surface area contributed by atoms with Crippen LogP contribution in [0.1, 0.15) is 36.5 Å². The van der Waals surface area contributed by atoms with E-state index in [1.807, 2.05) is 6.92 Å². The van der Waals surface area contributed by atoms with Gasteiger partial charge in [-0.2, -0.15) is 0 Å². The van der Waals surface area contributed by atoms with Crippen LogP contribution in [0, 0.1) is 17.5 Å². The van der Waals surface area contributed by atoms with Gasteiger partial charge >= 0.3 is 0 Å². The van der Waals surface area contributed by atoms with Crippen LogP contribution in [0.2, 0.25) is 0 Å². The Kier molecular flexibility index (Phi) is 5.97. The van der Waals surface area contributed by atoms with Crippen molar-refractivity contribution in [2.75, 3.05) is 0 Å². The monoisotopic (exact) mass is 322 g/mol. The average molecular weight is 322 g/mol. The molecule has 23 heavy (non-hydrogen) atoms. The van der Waals surface area contributed by atoms with Gasteiger partial charge in [0.25, 0.3) is 0 Å². The molecule has 4 heteroatoms. The van der Waals surface area contributed by atoms with Crippen LogP contribution in [-0.4, -0.2) is 0 Å². The molecule has 0 spiro atoms. The Balaban J connectivity index is 2.02. The summed E-state index contributed by atoms with van der Waals surface area (Å²) in [4.78, 5) is 0. The number of unbranched alkanes of at least 4 members (excludes halogenated alkanes) is 1. The maximum absolute atomic E-state index is 13.8. The van der Waals surface area contributed by atoms with Gasteiger partial charge in [-0.05, 0) is 48.6 Å². The molecular formula is C19H18F4. The zero-order chi connectivity index (χ0) is 16.8. The smallest absolute Gasteiger partial charge is 0.194 e. The molecule has 0 amide bonds. The Morgan fingerprint density at radius 2 is 1.48 bits per heavy atom. The Morgan fingerprint density at radius 3 is 2.04 bits per heavy atom. The van der Waals surface area contributed by atoms with Crippen molar-refractivity contribution >= 4 is 5.83 Å². The lowest BCUT2D eigenvalue weighted by Crippen LogP contribution is -1.97. The molecule has 2 aromatic rings. The van der Waals surface area contributed by atoms with Crippen molar-refractivity contribution in [3.8, 4) is 0 Å². The van der Waals surface area contributed by atoms with E-state index in [4.69, 9.17) is 0 Å². The lowest BCUT2D eigenvalue weighted by atomic mass is 10.0. The fourth-order valence-corrected chi connectivity index (χ4v) is 2.26. The number of halogens is 4. The summed E-state index contributed by atoms with van der Waals surface area (Å²) in [5.41, 5.74) is 1.82. The van der Waals surface area contributed by atoms with E-state index in [0.717, 1.165) is 24.1 Å². The van der Waals surface area contributed by atoms with Gasteiger partial charge in [-0.15, -0.1) is 0 Å². The van der Waals surface area contributed by atoms with Crippen LogP contribution in [0.3, 0.4) is 0 Å². The minimum absolute atomic E-state index is 0.249. The molecule has 0 N–H and O–H groups in total. The van der Waals surface area contributed by atoms with Gasteiger partial charge in [0, 0.05) is 5.56 Å². The molecule has 2 rings (SSSR count). The third-order valence-corrected chi connectivity index (χ3v) is 3.59.